The van der Waals surface area contributed by atoms with Gasteiger partial charge in [-0.15, -0.1) is 0 Å². The van der Waals surface area contributed by atoms with Gasteiger partial charge < -0.3 is 19.5 Å². The van der Waals surface area contributed by atoms with Gasteiger partial charge in [0.15, 0.2) is 0 Å². The van der Waals surface area contributed by atoms with E-state index in [2.05, 4.69) is 0 Å². The largest absolute Gasteiger partial charge is 0.508 e. The number of piperidine rings is 1. The molecule has 7 nitrogen and oxygen atoms in total. The first-order chi connectivity index (χ1) is 14.4. The Labute approximate surface area is 172 Å². The van der Waals surface area contributed by atoms with Crippen LogP contribution in [0, 0.1) is 0 Å². The second kappa shape index (κ2) is 7.67. The number of benzene rings is 2. The molecule has 30 heavy (non-hydrogen) atoms. The number of nitrogens with zero attached hydrogens (tertiary/aromatic N) is 1. The summed E-state index contributed by atoms with van der Waals surface area (Å²) in [5.41, 5.74) is -0.113. The first-order valence-corrected chi connectivity index (χ1v) is 9.71. The Bertz CT molecular complexity index is 1160. The van der Waals surface area contributed by atoms with Crippen molar-refractivity contribution in [2.75, 3.05) is 13.1 Å². The summed E-state index contributed by atoms with van der Waals surface area (Å²) in [6.45, 7) is 0.639. The fourth-order valence-corrected chi connectivity index (χ4v) is 4.16. The zero-order valence-corrected chi connectivity index (χ0v) is 16.2. The van der Waals surface area contributed by atoms with Crippen LogP contribution in [0.25, 0.3) is 11.0 Å². The molecule has 154 valence electrons. The molecule has 2 aromatic carbocycles. The molecule has 0 aliphatic carbocycles. The summed E-state index contributed by atoms with van der Waals surface area (Å²) in [5.74, 6) is -1.09. The lowest BCUT2D eigenvalue weighted by molar-refractivity contribution is -0.148. The fourth-order valence-electron chi connectivity index (χ4n) is 4.16. The first kappa shape index (κ1) is 19.7. The van der Waals surface area contributed by atoms with E-state index in [-0.39, 0.29) is 23.7 Å². The Morgan fingerprint density at radius 1 is 1.03 bits per heavy atom. The van der Waals surface area contributed by atoms with Crippen LogP contribution in [-0.2, 0) is 21.4 Å². The van der Waals surface area contributed by atoms with E-state index in [9.17, 15) is 24.6 Å². The molecule has 0 bridgehead atoms. The summed E-state index contributed by atoms with van der Waals surface area (Å²) in [6, 6.07) is 14.8. The third kappa shape index (κ3) is 3.54. The number of carbonyl (C=O) groups is 2. The quantitative estimate of drug-likeness (QED) is 0.644. The van der Waals surface area contributed by atoms with Gasteiger partial charge in [0.25, 0.3) is 0 Å². The van der Waals surface area contributed by atoms with Gasteiger partial charge in [-0.25, -0.2) is 4.79 Å². The van der Waals surface area contributed by atoms with Gasteiger partial charge in [0.2, 0.25) is 5.91 Å². The lowest BCUT2D eigenvalue weighted by atomic mass is 9.73. The van der Waals surface area contributed by atoms with Crippen LogP contribution in [0.5, 0.6) is 5.75 Å². The standard InChI is InChI=1S/C23H21NO6/c25-17-6-7-18-15(13-21(27)30-19(18)14-17)12-20(26)24-10-8-23(9-11-24,22(28)29)16-4-2-1-3-5-16/h1-7,13-14,25H,8-12H2,(H,28,29). The Balaban J connectivity index is 1.54. The van der Waals surface area contributed by atoms with Gasteiger partial charge >= 0.3 is 11.6 Å². The molecular formula is C23H21NO6. The van der Waals surface area contributed by atoms with Crippen molar-refractivity contribution >= 4 is 22.8 Å². The van der Waals surface area contributed by atoms with Crippen LogP contribution in [0.1, 0.15) is 24.0 Å². The molecule has 0 spiro atoms. The zero-order chi connectivity index (χ0) is 21.3. The molecular weight excluding hydrogens is 386 g/mol. The Kier molecular flexibility index (Phi) is 5.03. The van der Waals surface area contributed by atoms with E-state index in [1.807, 2.05) is 30.3 Å². The molecule has 2 heterocycles. The van der Waals surface area contributed by atoms with Crippen LogP contribution in [0.15, 0.2) is 63.8 Å². The van der Waals surface area contributed by atoms with Crippen molar-refractivity contribution in [3.8, 4) is 5.75 Å². The van der Waals surface area contributed by atoms with Crippen molar-refractivity contribution in [2.45, 2.75) is 24.7 Å². The van der Waals surface area contributed by atoms with Crippen molar-refractivity contribution in [3.05, 3.63) is 76.1 Å². The summed E-state index contributed by atoms with van der Waals surface area (Å²) in [5, 5.41) is 20.1. The third-order valence-corrected chi connectivity index (χ3v) is 5.86. The van der Waals surface area contributed by atoms with Gasteiger partial charge in [-0.3, -0.25) is 9.59 Å². The normalized spacial score (nSPS) is 15.8. The average molecular weight is 407 g/mol. The van der Waals surface area contributed by atoms with E-state index in [1.54, 1.807) is 11.0 Å². The Hall–Kier alpha value is -3.61. The number of likely N-dealkylation sites (tertiary alicyclic amines) is 1. The smallest absolute Gasteiger partial charge is 0.336 e. The maximum Gasteiger partial charge on any atom is 0.336 e. The van der Waals surface area contributed by atoms with Crippen LogP contribution in [-0.4, -0.2) is 40.1 Å². The number of carboxylic acids is 1. The number of phenolic OH excluding ortho intramolecular Hbond substituents is 1. The molecule has 0 saturated carbocycles. The lowest BCUT2D eigenvalue weighted by Gasteiger charge is -2.39. The minimum atomic E-state index is -1.00. The maximum atomic E-state index is 12.9. The highest BCUT2D eigenvalue weighted by Crippen LogP contribution is 2.36. The predicted molar refractivity (Wildman–Crippen MR) is 109 cm³/mol. The monoisotopic (exact) mass is 407 g/mol. The summed E-state index contributed by atoms with van der Waals surface area (Å²) in [7, 11) is 0. The summed E-state index contributed by atoms with van der Waals surface area (Å²) >= 11 is 0. The fraction of sp³-hybridized carbons (Fsp3) is 0.261. The lowest BCUT2D eigenvalue weighted by Crippen LogP contribution is -2.49. The van der Waals surface area contributed by atoms with Crippen LogP contribution in [0.3, 0.4) is 0 Å². The number of fused-ring (bicyclic) bond motifs is 1. The Morgan fingerprint density at radius 3 is 2.40 bits per heavy atom. The number of rotatable bonds is 4. The predicted octanol–water partition coefficient (Wildman–Crippen LogP) is 2.69. The van der Waals surface area contributed by atoms with Crippen molar-refractivity contribution in [2.24, 2.45) is 0 Å². The average Bonchev–Trinajstić information content (AvgIpc) is 2.73. The molecule has 1 aliphatic heterocycles. The van der Waals surface area contributed by atoms with Gasteiger partial charge in [0.1, 0.15) is 11.3 Å². The molecule has 0 atom stereocenters. The van der Waals surface area contributed by atoms with Crippen molar-refractivity contribution in [1.29, 1.82) is 0 Å². The van der Waals surface area contributed by atoms with Crippen LogP contribution in [0.4, 0.5) is 0 Å². The highest BCUT2D eigenvalue weighted by Gasteiger charge is 2.43. The van der Waals surface area contributed by atoms with Crippen LogP contribution < -0.4 is 5.63 Å². The minimum Gasteiger partial charge on any atom is -0.508 e. The summed E-state index contributed by atoms with van der Waals surface area (Å²) in [4.78, 5) is 38.5. The number of phenols is 1. The van der Waals surface area contributed by atoms with Gasteiger partial charge in [0.05, 0.1) is 11.8 Å². The van der Waals surface area contributed by atoms with E-state index in [1.165, 1.54) is 18.2 Å². The van der Waals surface area contributed by atoms with Crippen LogP contribution in [0.2, 0.25) is 0 Å². The number of carboxylic acid groups (broad SMARTS) is 1. The summed E-state index contributed by atoms with van der Waals surface area (Å²) < 4.78 is 5.11. The van der Waals surface area contributed by atoms with E-state index in [0.29, 0.717) is 36.9 Å². The van der Waals surface area contributed by atoms with Gasteiger partial charge in [-0.1, -0.05) is 30.3 Å². The number of aliphatic carboxylic acids is 1. The first-order valence-electron chi connectivity index (χ1n) is 9.71. The Morgan fingerprint density at radius 2 is 1.73 bits per heavy atom. The number of carbonyl (C=O) groups excluding carboxylic acids is 1. The highest BCUT2D eigenvalue weighted by molar-refractivity contribution is 5.88. The third-order valence-electron chi connectivity index (χ3n) is 5.86. The van der Waals surface area contributed by atoms with E-state index >= 15 is 0 Å². The van der Waals surface area contributed by atoms with Crippen molar-refractivity contribution in [3.63, 3.8) is 0 Å². The molecule has 0 radical (unpaired) electrons. The molecule has 1 aromatic heterocycles. The summed E-state index contributed by atoms with van der Waals surface area (Å²) in [6.07, 6.45) is 0.644. The number of hydrogen-bond acceptors (Lipinski definition) is 5. The van der Waals surface area contributed by atoms with E-state index < -0.39 is 17.0 Å². The molecule has 1 fully saturated rings. The van der Waals surface area contributed by atoms with Gasteiger partial charge in [0, 0.05) is 30.6 Å². The molecule has 1 aliphatic rings. The van der Waals surface area contributed by atoms with E-state index in [0.717, 1.165) is 5.56 Å². The van der Waals surface area contributed by atoms with Crippen molar-refractivity contribution < 1.29 is 24.2 Å². The van der Waals surface area contributed by atoms with Gasteiger partial charge in [-0.2, -0.15) is 0 Å². The molecule has 4 rings (SSSR count). The molecule has 1 amide bonds. The molecule has 2 N–H and O–H groups in total. The molecule has 1 saturated heterocycles. The second-order valence-electron chi connectivity index (χ2n) is 7.58. The molecule has 0 unspecified atom stereocenters. The molecule has 3 aromatic rings. The number of aromatic hydroxyl groups is 1. The van der Waals surface area contributed by atoms with Crippen LogP contribution >= 0.6 is 0 Å². The zero-order valence-electron chi connectivity index (χ0n) is 16.2. The topological polar surface area (TPSA) is 108 Å². The van der Waals surface area contributed by atoms with E-state index in [4.69, 9.17) is 4.42 Å². The SMILES string of the molecule is O=C(Cc1cc(=O)oc2cc(O)ccc12)N1CCC(C(=O)O)(c2ccccc2)CC1. The minimum absolute atomic E-state index is 0.00170. The number of amides is 1. The second-order valence-corrected chi connectivity index (χ2v) is 7.58. The van der Waals surface area contributed by atoms with Crippen molar-refractivity contribution in [1.82, 2.24) is 4.90 Å². The van der Waals surface area contributed by atoms with Gasteiger partial charge in [-0.05, 0) is 36.1 Å². The number of hydrogen-bond donors (Lipinski definition) is 2. The highest BCUT2D eigenvalue weighted by atomic mass is 16.4. The molecule has 7 heteroatoms. The maximum absolute atomic E-state index is 12.9.